The Morgan fingerprint density at radius 3 is 2.75 bits per heavy atom. The number of carbonyl (C=O) groups is 1. The van der Waals surface area contributed by atoms with Crippen molar-refractivity contribution in [1.82, 2.24) is 19.9 Å². The van der Waals surface area contributed by atoms with Gasteiger partial charge in [0.25, 0.3) is 5.91 Å². The number of hydrogen-bond acceptors (Lipinski definition) is 4. The number of nitrogens with one attached hydrogen (secondary N) is 1. The van der Waals surface area contributed by atoms with Crippen molar-refractivity contribution < 1.29 is 14.4 Å². The molecule has 2 saturated heterocycles. The number of rotatable bonds is 3. The SMILES string of the molecule is O=C(C[NH+]1CCC(n2nnc3ccccc32)CC1)N1CCOCC1. The number of carbonyl (C=O) groups excluding carboxylic acids is 1. The molecule has 1 aromatic heterocycles. The second-order valence-electron chi connectivity index (χ2n) is 6.67. The highest BCUT2D eigenvalue weighted by atomic mass is 16.5. The molecule has 0 bridgehead atoms. The first kappa shape index (κ1) is 15.5. The number of piperidine rings is 1. The van der Waals surface area contributed by atoms with E-state index in [1.54, 1.807) is 0 Å². The van der Waals surface area contributed by atoms with Crippen LogP contribution in [0.4, 0.5) is 0 Å². The summed E-state index contributed by atoms with van der Waals surface area (Å²) in [6.07, 6.45) is 2.08. The van der Waals surface area contributed by atoms with E-state index in [1.807, 2.05) is 23.1 Å². The minimum Gasteiger partial charge on any atom is -0.378 e. The lowest BCUT2D eigenvalue weighted by Gasteiger charge is -2.32. The smallest absolute Gasteiger partial charge is 0.277 e. The number of benzene rings is 1. The third-order valence-corrected chi connectivity index (χ3v) is 5.15. The fraction of sp³-hybridized carbons (Fsp3) is 0.588. The van der Waals surface area contributed by atoms with Gasteiger partial charge in [0, 0.05) is 25.9 Å². The molecule has 2 aliphatic rings. The van der Waals surface area contributed by atoms with E-state index in [0.717, 1.165) is 50.1 Å². The highest BCUT2D eigenvalue weighted by Gasteiger charge is 2.28. The Kier molecular flexibility index (Phi) is 4.44. The van der Waals surface area contributed by atoms with E-state index in [1.165, 1.54) is 4.90 Å². The van der Waals surface area contributed by atoms with Gasteiger partial charge in [-0.3, -0.25) is 4.79 Å². The fourth-order valence-corrected chi connectivity index (χ4v) is 3.73. The summed E-state index contributed by atoms with van der Waals surface area (Å²) in [4.78, 5) is 15.7. The van der Waals surface area contributed by atoms with E-state index in [-0.39, 0.29) is 5.91 Å². The Morgan fingerprint density at radius 2 is 1.96 bits per heavy atom. The van der Waals surface area contributed by atoms with E-state index in [4.69, 9.17) is 4.74 Å². The van der Waals surface area contributed by atoms with Crippen LogP contribution in [0.5, 0.6) is 0 Å². The lowest BCUT2D eigenvalue weighted by Crippen LogP contribution is -3.14. The van der Waals surface area contributed by atoms with Crippen LogP contribution < -0.4 is 4.90 Å². The van der Waals surface area contributed by atoms with Crippen molar-refractivity contribution in [2.75, 3.05) is 45.9 Å². The van der Waals surface area contributed by atoms with Crippen molar-refractivity contribution in [1.29, 1.82) is 0 Å². The maximum absolute atomic E-state index is 12.4. The number of ether oxygens (including phenoxy) is 1. The zero-order chi connectivity index (χ0) is 16.4. The molecule has 7 nitrogen and oxygen atoms in total. The summed E-state index contributed by atoms with van der Waals surface area (Å²) >= 11 is 0. The molecule has 7 heteroatoms. The van der Waals surface area contributed by atoms with E-state index >= 15 is 0 Å². The maximum atomic E-state index is 12.4. The van der Waals surface area contributed by atoms with E-state index < -0.39 is 0 Å². The average Bonchev–Trinajstić information content (AvgIpc) is 3.07. The van der Waals surface area contributed by atoms with Gasteiger partial charge in [-0.25, -0.2) is 4.68 Å². The molecule has 0 saturated carbocycles. The van der Waals surface area contributed by atoms with Gasteiger partial charge < -0.3 is 14.5 Å². The molecular formula is C17H24N5O2+. The highest BCUT2D eigenvalue weighted by Crippen LogP contribution is 2.21. The molecule has 0 unspecified atom stereocenters. The van der Waals surface area contributed by atoms with Gasteiger partial charge in [-0.15, -0.1) is 5.10 Å². The molecule has 2 aliphatic heterocycles. The molecule has 1 aromatic carbocycles. The number of likely N-dealkylation sites (tertiary alicyclic amines) is 1. The Hall–Kier alpha value is -1.99. The molecule has 0 spiro atoms. The number of morpholine rings is 1. The van der Waals surface area contributed by atoms with Gasteiger partial charge in [0.2, 0.25) is 0 Å². The monoisotopic (exact) mass is 330 g/mol. The van der Waals surface area contributed by atoms with Crippen LogP contribution in [0.3, 0.4) is 0 Å². The van der Waals surface area contributed by atoms with Gasteiger partial charge in [-0.2, -0.15) is 0 Å². The summed E-state index contributed by atoms with van der Waals surface area (Å²) < 4.78 is 7.38. The van der Waals surface area contributed by atoms with Crippen molar-refractivity contribution in [3.05, 3.63) is 24.3 Å². The quantitative estimate of drug-likeness (QED) is 0.825. The van der Waals surface area contributed by atoms with E-state index in [0.29, 0.717) is 25.8 Å². The molecule has 24 heavy (non-hydrogen) atoms. The number of para-hydroxylation sites is 1. The van der Waals surface area contributed by atoms with E-state index in [9.17, 15) is 4.79 Å². The summed E-state index contributed by atoms with van der Waals surface area (Å²) in [7, 11) is 0. The fourth-order valence-electron chi connectivity index (χ4n) is 3.73. The highest BCUT2D eigenvalue weighted by molar-refractivity contribution is 5.77. The normalized spacial score (nSPS) is 25.1. The molecule has 2 aromatic rings. The summed E-state index contributed by atoms with van der Waals surface area (Å²) in [6, 6.07) is 8.49. The van der Waals surface area contributed by atoms with Crippen LogP contribution in [0.25, 0.3) is 11.0 Å². The predicted octanol–water partition coefficient (Wildman–Crippen LogP) is -0.490. The zero-order valence-electron chi connectivity index (χ0n) is 13.9. The molecule has 0 aliphatic carbocycles. The molecule has 128 valence electrons. The number of hydrogen-bond donors (Lipinski definition) is 1. The molecule has 1 amide bonds. The second kappa shape index (κ2) is 6.86. The number of aromatic nitrogens is 3. The van der Waals surface area contributed by atoms with Crippen LogP contribution in [-0.4, -0.2) is 71.7 Å². The molecule has 2 fully saturated rings. The molecule has 0 atom stereocenters. The van der Waals surface area contributed by atoms with Crippen LogP contribution in [-0.2, 0) is 9.53 Å². The van der Waals surface area contributed by atoms with Crippen LogP contribution in [0, 0.1) is 0 Å². The van der Waals surface area contributed by atoms with Crippen molar-refractivity contribution in [2.24, 2.45) is 0 Å². The Morgan fingerprint density at radius 1 is 1.21 bits per heavy atom. The minimum absolute atomic E-state index is 0.262. The van der Waals surface area contributed by atoms with Gasteiger partial charge in [-0.1, -0.05) is 17.3 Å². The van der Waals surface area contributed by atoms with Crippen molar-refractivity contribution in [3.63, 3.8) is 0 Å². The molecule has 1 N–H and O–H groups in total. The Labute approximate surface area is 141 Å². The molecular weight excluding hydrogens is 306 g/mol. The van der Waals surface area contributed by atoms with Gasteiger partial charge in [0.15, 0.2) is 6.54 Å². The topological polar surface area (TPSA) is 64.7 Å². The summed E-state index contributed by atoms with van der Waals surface area (Å²) in [5.41, 5.74) is 2.06. The first-order chi connectivity index (χ1) is 11.8. The maximum Gasteiger partial charge on any atom is 0.277 e. The van der Waals surface area contributed by atoms with Crippen LogP contribution in [0.2, 0.25) is 0 Å². The summed E-state index contributed by atoms with van der Waals surface area (Å²) in [5, 5.41) is 8.60. The summed E-state index contributed by atoms with van der Waals surface area (Å²) in [6.45, 7) is 5.43. The Balaban J connectivity index is 1.34. The standard InChI is InChI=1S/C17H23N5O2/c23-17(21-9-11-24-12-10-21)13-20-7-5-14(6-8-20)22-16-4-2-1-3-15(16)18-19-22/h1-4,14H,5-13H2/p+1. The lowest BCUT2D eigenvalue weighted by atomic mass is 10.0. The molecule has 4 rings (SSSR count). The van der Waals surface area contributed by atoms with Gasteiger partial charge >= 0.3 is 0 Å². The summed E-state index contributed by atoms with van der Waals surface area (Å²) in [5.74, 6) is 0.262. The first-order valence-electron chi connectivity index (χ1n) is 8.80. The zero-order valence-corrected chi connectivity index (χ0v) is 13.9. The number of quaternary nitrogens is 1. The molecule has 3 heterocycles. The van der Waals surface area contributed by atoms with Crippen molar-refractivity contribution in [2.45, 2.75) is 18.9 Å². The number of nitrogens with zero attached hydrogens (tertiary/aromatic N) is 4. The van der Waals surface area contributed by atoms with Crippen LogP contribution in [0.15, 0.2) is 24.3 Å². The third kappa shape index (κ3) is 3.14. The van der Waals surface area contributed by atoms with Crippen LogP contribution >= 0.6 is 0 Å². The predicted molar refractivity (Wildman–Crippen MR) is 88.8 cm³/mol. The van der Waals surface area contributed by atoms with Crippen LogP contribution in [0.1, 0.15) is 18.9 Å². The lowest BCUT2D eigenvalue weighted by molar-refractivity contribution is -0.898. The average molecular weight is 330 g/mol. The first-order valence-corrected chi connectivity index (χ1v) is 8.80. The number of fused-ring (bicyclic) bond motifs is 1. The van der Waals surface area contributed by atoms with E-state index in [2.05, 4.69) is 21.1 Å². The molecule has 0 radical (unpaired) electrons. The minimum atomic E-state index is 0.262. The third-order valence-electron chi connectivity index (χ3n) is 5.15. The second-order valence-corrected chi connectivity index (χ2v) is 6.67. The Bertz CT molecular complexity index is 702. The van der Waals surface area contributed by atoms with Gasteiger partial charge in [0.1, 0.15) is 5.52 Å². The van der Waals surface area contributed by atoms with Crippen molar-refractivity contribution in [3.8, 4) is 0 Å². The van der Waals surface area contributed by atoms with Crippen molar-refractivity contribution >= 4 is 16.9 Å². The largest absolute Gasteiger partial charge is 0.378 e. The van der Waals surface area contributed by atoms with Gasteiger partial charge in [-0.05, 0) is 12.1 Å². The van der Waals surface area contributed by atoms with Gasteiger partial charge in [0.05, 0.1) is 37.9 Å². The number of amides is 1.